The summed E-state index contributed by atoms with van der Waals surface area (Å²) in [5, 5.41) is 9.57. The summed E-state index contributed by atoms with van der Waals surface area (Å²) in [6, 6.07) is 9.74. The van der Waals surface area contributed by atoms with E-state index < -0.39 is 17.2 Å². The first-order chi connectivity index (χ1) is 12.9. The van der Waals surface area contributed by atoms with Crippen LogP contribution in [0.1, 0.15) is 33.6 Å². The van der Waals surface area contributed by atoms with Crippen molar-refractivity contribution in [2.24, 2.45) is 5.73 Å². The molecule has 3 aromatic rings. The number of aliphatic hydroxyl groups is 1. The van der Waals surface area contributed by atoms with Gasteiger partial charge in [0.15, 0.2) is 0 Å². The Morgan fingerprint density at radius 2 is 1.89 bits per heavy atom. The predicted molar refractivity (Wildman–Crippen MR) is 103 cm³/mol. The van der Waals surface area contributed by atoms with E-state index in [4.69, 9.17) is 22.4 Å². The second kappa shape index (κ2) is 7.90. The van der Waals surface area contributed by atoms with E-state index >= 15 is 0 Å². The van der Waals surface area contributed by atoms with E-state index in [0.717, 1.165) is 5.56 Å². The van der Waals surface area contributed by atoms with Gasteiger partial charge in [0, 0.05) is 29.1 Å². The fourth-order valence-electron chi connectivity index (χ4n) is 3.08. The molecule has 2 aromatic carbocycles. The molecule has 0 atom stereocenters. The first-order valence-corrected chi connectivity index (χ1v) is 8.81. The molecule has 0 aliphatic rings. The van der Waals surface area contributed by atoms with Gasteiger partial charge in [-0.15, -0.1) is 0 Å². The van der Waals surface area contributed by atoms with Crippen LogP contribution in [0.4, 0.5) is 4.39 Å². The van der Waals surface area contributed by atoms with Gasteiger partial charge in [0.2, 0.25) is 5.43 Å². The van der Waals surface area contributed by atoms with Crippen molar-refractivity contribution in [2.75, 3.05) is 6.61 Å². The highest BCUT2D eigenvalue weighted by Crippen LogP contribution is 2.21. The molecular formula is C20H18ClFN2O3. The van der Waals surface area contributed by atoms with E-state index in [0.29, 0.717) is 23.4 Å². The number of carbonyl (C=O) groups is 1. The molecule has 5 nitrogen and oxygen atoms in total. The second-order valence-corrected chi connectivity index (χ2v) is 6.74. The van der Waals surface area contributed by atoms with Crippen LogP contribution in [-0.4, -0.2) is 22.6 Å². The van der Waals surface area contributed by atoms with Crippen molar-refractivity contribution in [3.05, 3.63) is 79.8 Å². The Bertz CT molecular complexity index is 1060. The molecule has 140 valence electrons. The quantitative estimate of drug-likeness (QED) is 0.605. The topological polar surface area (TPSA) is 96.2 Å². The molecule has 0 saturated heterocycles. The lowest BCUT2D eigenvalue weighted by Crippen LogP contribution is -2.26. The van der Waals surface area contributed by atoms with Crippen molar-refractivity contribution in [3.8, 4) is 0 Å². The SMILES string of the molecule is NC(=O)c1c(Cc2ccc(Cl)cc2)[nH]c2c(F)cc(CCCO)cc2c1=O. The number of aliphatic hydroxyl groups excluding tert-OH is 1. The molecule has 0 saturated carbocycles. The van der Waals surface area contributed by atoms with Gasteiger partial charge in [-0.05, 0) is 48.2 Å². The third-order valence-electron chi connectivity index (χ3n) is 4.36. The molecule has 0 unspecified atom stereocenters. The first-order valence-electron chi connectivity index (χ1n) is 8.43. The van der Waals surface area contributed by atoms with Crippen LogP contribution in [0.5, 0.6) is 0 Å². The number of H-pyrrole nitrogens is 1. The zero-order valence-corrected chi connectivity index (χ0v) is 15.1. The van der Waals surface area contributed by atoms with Crippen molar-refractivity contribution in [1.82, 2.24) is 4.98 Å². The van der Waals surface area contributed by atoms with E-state index in [-0.39, 0.29) is 35.2 Å². The lowest BCUT2D eigenvalue weighted by Gasteiger charge is -2.11. The number of primary amides is 1. The predicted octanol–water partition coefficient (Wildman–Crippen LogP) is 2.94. The molecule has 7 heteroatoms. The number of aromatic nitrogens is 1. The summed E-state index contributed by atoms with van der Waals surface area (Å²) in [7, 11) is 0. The van der Waals surface area contributed by atoms with Crippen LogP contribution in [0.3, 0.4) is 0 Å². The van der Waals surface area contributed by atoms with Gasteiger partial charge in [-0.1, -0.05) is 23.7 Å². The third-order valence-corrected chi connectivity index (χ3v) is 4.62. The Morgan fingerprint density at radius 3 is 2.52 bits per heavy atom. The zero-order valence-electron chi connectivity index (χ0n) is 14.4. The number of amides is 1. The van der Waals surface area contributed by atoms with Crippen LogP contribution >= 0.6 is 11.6 Å². The summed E-state index contributed by atoms with van der Waals surface area (Å²) in [6.45, 7) is -0.0391. The molecule has 27 heavy (non-hydrogen) atoms. The number of rotatable bonds is 6. The number of aryl methyl sites for hydroxylation is 1. The van der Waals surface area contributed by atoms with Crippen LogP contribution in [0.2, 0.25) is 5.02 Å². The number of aromatic amines is 1. The monoisotopic (exact) mass is 388 g/mol. The third kappa shape index (κ3) is 4.02. The largest absolute Gasteiger partial charge is 0.396 e. The highest BCUT2D eigenvalue weighted by Gasteiger charge is 2.19. The smallest absolute Gasteiger partial charge is 0.254 e. The van der Waals surface area contributed by atoms with Crippen molar-refractivity contribution in [1.29, 1.82) is 0 Å². The number of pyridine rings is 1. The molecule has 0 fully saturated rings. The summed E-state index contributed by atoms with van der Waals surface area (Å²) in [4.78, 5) is 27.7. The van der Waals surface area contributed by atoms with Gasteiger partial charge in [0.25, 0.3) is 5.91 Å². The summed E-state index contributed by atoms with van der Waals surface area (Å²) >= 11 is 5.87. The molecule has 1 amide bonds. The Kier molecular flexibility index (Phi) is 5.58. The molecule has 1 aromatic heterocycles. The minimum Gasteiger partial charge on any atom is -0.396 e. The van der Waals surface area contributed by atoms with E-state index in [1.165, 1.54) is 12.1 Å². The van der Waals surface area contributed by atoms with Crippen LogP contribution in [0, 0.1) is 5.82 Å². The Hall–Kier alpha value is -2.70. The Balaban J connectivity index is 2.17. The maximum Gasteiger partial charge on any atom is 0.254 e. The highest BCUT2D eigenvalue weighted by atomic mass is 35.5. The molecule has 1 heterocycles. The van der Waals surface area contributed by atoms with Gasteiger partial charge in [-0.25, -0.2) is 4.39 Å². The van der Waals surface area contributed by atoms with Crippen LogP contribution < -0.4 is 11.2 Å². The molecule has 4 N–H and O–H groups in total. The number of carbonyl (C=O) groups excluding carboxylic acids is 1. The number of hydrogen-bond acceptors (Lipinski definition) is 3. The molecule has 0 bridgehead atoms. The lowest BCUT2D eigenvalue weighted by atomic mass is 10.00. The lowest BCUT2D eigenvalue weighted by molar-refractivity contribution is 0.0998. The van der Waals surface area contributed by atoms with Crippen molar-refractivity contribution < 1.29 is 14.3 Å². The average Bonchev–Trinajstić information content (AvgIpc) is 2.62. The van der Waals surface area contributed by atoms with Crippen molar-refractivity contribution >= 4 is 28.4 Å². The van der Waals surface area contributed by atoms with E-state index in [1.54, 1.807) is 24.3 Å². The maximum atomic E-state index is 14.6. The number of benzene rings is 2. The summed E-state index contributed by atoms with van der Waals surface area (Å²) in [5.74, 6) is -1.46. The Labute approximate surface area is 159 Å². The minimum absolute atomic E-state index is 0.0294. The first kappa shape index (κ1) is 19.1. The number of halogens is 2. The molecule has 0 spiro atoms. The summed E-state index contributed by atoms with van der Waals surface area (Å²) < 4.78 is 14.6. The summed E-state index contributed by atoms with van der Waals surface area (Å²) in [5.41, 5.74) is 6.29. The standard InChI is InChI=1S/C20H18ClFN2O3/c21-13-5-3-11(4-6-13)10-16-17(20(23)27)19(26)14-8-12(2-1-7-25)9-15(22)18(14)24-16/h3-6,8-9,25H,1-2,7,10H2,(H2,23,27)(H,24,26). The number of fused-ring (bicyclic) bond motifs is 1. The minimum atomic E-state index is -0.872. The number of nitrogens with one attached hydrogen (secondary N) is 1. The van der Waals surface area contributed by atoms with Crippen LogP contribution in [0.25, 0.3) is 10.9 Å². The van der Waals surface area contributed by atoms with Crippen LogP contribution in [0.15, 0.2) is 41.2 Å². The average molecular weight is 389 g/mol. The summed E-state index contributed by atoms with van der Waals surface area (Å²) in [6.07, 6.45) is 1.06. The molecular weight excluding hydrogens is 371 g/mol. The maximum absolute atomic E-state index is 14.6. The fourth-order valence-corrected chi connectivity index (χ4v) is 3.21. The molecule has 0 radical (unpaired) electrons. The highest BCUT2D eigenvalue weighted by molar-refractivity contribution is 6.30. The number of hydrogen-bond donors (Lipinski definition) is 3. The molecule has 0 aliphatic carbocycles. The molecule has 3 rings (SSSR count). The van der Waals surface area contributed by atoms with E-state index in [9.17, 15) is 14.0 Å². The fraction of sp³-hybridized carbons (Fsp3) is 0.200. The van der Waals surface area contributed by atoms with E-state index in [1.807, 2.05) is 0 Å². The second-order valence-electron chi connectivity index (χ2n) is 6.30. The van der Waals surface area contributed by atoms with Crippen molar-refractivity contribution in [3.63, 3.8) is 0 Å². The number of nitrogens with two attached hydrogens (primary N) is 1. The molecule has 0 aliphatic heterocycles. The Morgan fingerprint density at radius 1 is 1.19 bits per heavy atom. The van der Waals surface area contributed by atoms with Gasteiger partial charge in [-0.3, -0.25) is 9.59 Å². The van der Waals surface area contributed by atoms with Crippen molar-refractivity contribution in [2.45, 2.75) is 19.3 Å². The van der Waals surface area contributed by atoms with Gasteiger partial charge in [0.05, 0.1) is 5.52 Å². The van der Waals surface area contributed by atoms with Gasteiger partial charge >= 0.3 is 0 Å². The van der Waals surface area contributed by atoms with Gasteiger partial charge in [-0.2, -0.15) is 0 Å². The van der Waals surface area contributed by atoms with Gasteiger partial charge < -0.3 is 15.8 Å². The van der Waals surface area contributed by atoms with Gasteiger partial charge in [0.1, 0.15) is 11.4 Å². The van der Waals surface area contributed by atoms with Crippen LogP contribution in [-0.2, 0) is 12.8 Å². The normalized spacial score (nSPS) is 11.1. The zero-order chi connectivity index (χ0) is 19.6. The van der Waals surface area contributed by atoms with E-state index in [2.05, 4.69) is 4.98 Å².